The van der Waals surface area contributed by atoms with E-state index in [2.05, 4.69) is 76.2 Å². The lowest BCUT2D eigenvalue weighted by molar-refractivity contribution is -0.233. The number of hydrogen-bond donors (Lipinski definition) is 0. The Morgan fingerprint density at radius 3 is 1.36 bits per heavy atom. The maximum atomic E-state index is 6.97. The van der Waals surface area contributed by atoms with Crippen molar-refractivity contribution in [1.29, 1.82) is 0 Å². The highest BCUT2D eigenvalue weighted by molar-refractivity contribution is 6.72. The molecule has 28 heavy (non-hydrogen) atoms. The molecule has 0 spiro atoms. The van der Waals surface area contributed by atoms with Gasteiger partial charge < -0.3 is 13.6 Å². The second kappa shape index (κ2) is 9.49. The van der Waals surface area contributed by atoms with Gasteiger partial charge in [0, 0.05) is 30.8 Å². The molecule has 0 aliphatic carbocycles. The van der Waals surface area contributed by atoms with Crippen molar-refractivity contribution in [2.75, 3.05) is 19.8 Å². The zero-order chi connectivity index (χ0) is 21.9. The summed E-state index contributed by atoms with van der Waals surface area (Å²) >= 11 is 0. The summed E-state index contributed by atoms with van der Waals surface area (Å²) in [6, 6.07) is 0. The molecule has 4 heteroatoms. The quantitative estimate of drug-likeness (QED) is 0.333. The van der Waals surface area contributed by atoms with Crippen LogP contribution in [0.4, 0.5) is 0 Å². The van der Waals surface area contributed by atoms with Crippen molar-refractivity contribution in [3.05, 3.63) is 0 Å². The fourth-order valence-corrected chi connectivity index (χ4v) is 14.0. The summed E-state index contributed by atoms with van der Waals surface area (Å²) in [5.74, 6) is 0. The lowest BCUT2D eigenvalue weighted by Gasteiger charge is -2.74. The highest BCUT2D eigenvalue weighted by atomic mass is 28.4. The summed E-state index contributed by atoms with van der Waals surface area (Å²) in [7, 11) is -2.74. The SMILES string of the molecule is CCOC1(CC)C(CC)(CC)C(CC)(CC)C(C)(C)C(C)[Si]1(OCC)OCC. The van der Waals surface area contributed by atoms with Crippen LogP contribution in [0.15, 0.2) is 0 Å². The average molecular weight is 415 g/mol. The summed E-state index contributed by atoms with van der Waals surface area (Å²) in [5, 5.41) is -0.342. The standard InChI is InChI=1S/C24H50O3Si/c1-12-22(13-2)21(10,11)20(9)28(26-18-7,27-19-8)24(16-5,25-17-6)23(22,14-3)15-4/h20H,12-19H2,1-11H3. The van der Waals surface area contributed by atoms with Gasteiger partial charge in [-0.2, -0.15) is 0 Å². The maximum absolute atomic E-state index is 6.97. The van der Waals surface area contributed by atoms with Crippen LogP contribution in [0.2, 0.25) is 5.54 Å². The Kier molecular flexibility index (Phi) is 8.86. The number of rotatable bonds is 11. The van der Waals surface area contributed by atoms with Gasteiger partial charge in [-0.1, -0.05) is 55.4 Å². The van der Waals surface area contributed by atoms with Crippen LogP contribution in [-0.2, 0) is 13.6 Å². The molecule has 0 aromatic heterocycles. The molecule has 2 atom stereocenters. The molecule has 0 amide bonds. The third-order valence-electron chi connectivity index (χ3n) is 9.16. The Balaban J connectivity index is 4.16. The summed E-state index contributed by atoms with van der Waals surface area (Å²) in [5.41, 5.74) is 0.659. The molecule has 1 heterocycles. The minimum Gasteiger partial charge on any atom is -0.393 e. The van der Waals surface area contributed by atoms with Crippen molar-refractivity contribution in [1.82, 2.24) is 0 Å². The topological polar surface area (TPSA) is 27.7 Å². The molecule has 0 radical (unpaired) electrons. The fourth-order valence-electron chi connectivity index (χ4n) is 8.04. The van der Waals surface area contributed by atoms with Crippen molar-refractivity contribution in [3.63, 3.8) is 0 Å². The van der Waals surface area contributed by atoms with Gasteiger partial charge >= 0.3 is 8.56 Å². The second-order valence-electron chi connectivity index (χ2n) is 9.17. The van der Waals surface area contributed by atoms with Crippen LogP contribution in [0.5, 0.6) is 0 Å². The first-order chi connectivity index (χ1) is 13.1. The van der Waals surface area contributed by atoms with Gasteiger partial charge in [-0.25, -0.2) is 0 Å². The van der Waals surface area contributed by atoms with E-state index >= 15 is 0 Å². The van der Waals surface area contributed by atoms with Crippen LogP contribution in [0, 0.1) is 16.2 Å². The predicted octanol–water partition coefficient (Wildman–Crippen LogP) is 7.27. The molecule has 2 unspecified atom stereocenters. The predicted molar refractivity (Wildman–Crippen MR) is 123 cm³/mol. The Morgan fingerprint density at radius 1 is 0.643 bits per heavy atom. The molecule has 3 nitrogen and oxygen atoms in total. The zero-order valence-corrected chi connectivity index (χ0v) is 22.0. The molecule has 1 aliphatic rings. The molecule has 168 valence electrons. The van der Waals surface area contributed by atoms with E-state index in [0.717, 1.165) is 19.3 Å². The van der Waals surface area contributed by atoms with E-state index in [1.54, 1.807) is 0 Å². The fraction of sp³-hybridized carbons (Fsp3) is 1.00. The third kappa shape index (κ3) is 2.91. The number of hydrogen-bond acceptors (Lipinski definition) is 3. The van der Waals surface area contributed by atoms with E-state index in [9.17, 15) is 0 Å². The lowest BCUT2D eigenvalue weighted by atomic mass is 9.44. The molecular formula is C24H50O3Si. The largest absolute Gasteiger partial charge is 0.393 e. The summed E-state index contributed by atoms with van der Waals surface area (Å²) in [4.78, 5) is 0. The van der Waals surface area contributed by atoms with Gasteiger partial charge in [-0.3, -0.25) is 0 Å². The van der Waals surface area contributed by atoms with E-state index in [1.165, 1.54) is 12.8 Å². The first-order valence-corrected chi connectivity index (χ1v) is 14.0. The summed E-state index contributed by atoms with van der Waals surface area (Å²) < 4.78 is 20.7. The van der Waals surface area contributed by atoms with Crippen LogP contribution < -0.4 is 0 Å². The molecule has 0 N–H and O–H groups in total. The van der Waals surface area contributed by atoms with Crippen LogP contribution >= 0.6 is 0 Å². The first-order valence-electron chi connectivity index (χ1n) is 12.1. The van der Waals surface area contributed by atoms with Crippen molar-refractivity contribution in [2.24, 2.45) is 16.2 Å². The molecule has 1 saturated heterocycles. The highest BCUT2D eigenvalue weighted by Crippen LogP contribution is 2.75. The molecule has 0 saturated carbocycles. The zero-order valence-electron chi connectivity index (χ0n) is 21.0. The van der Waals surface area contributed by atoms with Crippen molar-refractivity contribution in [2.45, 2.75) is 119 Å². The van der Waals surface area contributed by atoms with Gasteiger partial charge in [0.15, 0.2) is 0 Å². The highest BCUT2D eigenvalue weighted by Gasteiger charge is 2.81. The molecular weight excluding hydrogens is 364 g/mol. The van der Waals surface area contributed by atoms with Crippen LogP contribution in [0.3, 0.4) is 0 Å². The Bertz CT molecular complexity index is 476. The second-order valence-corrected chi connectivity index (χ2v) is 12.8. The van der Waals surface area contributed by atoms with E-state index in [0.29, 0.717) is 25.4 Å². The monoisotopic (exact) mass is 414 g/mol. The molecule has 1 aliphatic heterocycles. The normalized spacial score (nSPS) is 30.3. The van der Waals surface area contributed by atoms with Gasteiger partial charge in [0.05, 0.1) is 0 Å². The van der Waals surface area contributed by atoms with Crippen LogP contribution in [0.1, 0.15) is 108 Å². The van der Waals surface area contributed by atoms with Gasteiger partial charge in [-0.05, 0) is 63.7 Å². The van der Waals surface area contributed by atoms with E-state index in [-0.39, 0.29) is 21.5 Å². The smallest absolute Gasteiger partial charge is 0.375 e. The molecule has 1 rings (SSSR count). The van der Waals surface area contributed by atoms with Gasteiger partial charge in [0.25, 0.3) is 0 Å². The third-order valence-corrected chi connectivity index (χ3v) is 14.6. The van der Waals surface area contributed by atoms with E-state index < -0.39 is 8.56 Å². The molecule has 0 aromatic rings. The summed E-state index contributed by atoms with van der Waals surface area (Å²) in [6.07, 6.45) is 5.49. The van der Waals surface area contributed by atoms with Crippen molar-refractivity contribution in [3.8, 4) is 0 Å². The van der Waals surface area contributed by atoms with Crippen LogP contribution in [0.25, 0.3) is 0 Å². The molecule has 0 bridgehead atoms. The van der Waals surface area contributed by atoms with Crippen LogP contribution in [-0.4, -0.2) is 33.6 Å². The van der Waals surface area contributed by atoms with Gasteiger partial charge in [0.2, 0.25) is 0 Å². The van der Waals surface area contributed by atoms with Gasteiger partial charge in [-0.15, -0.1) is 0 Å². The minimum atomic E-state index is -2.74. The average Bonchev–Trinajstić information content (AvgIpc) is 2.69. The minimum absolute atomic E-state index is 0.0286. The maximum Gasteiger partial charge on any atom is 0.375 e. The van der Waals surface area contributed by atoms with Crippen molar-refractivity contribution < 1.29 is 13.6 Å². The lowest BCUT2D eigenvalue weighted by Crippen LogP contribution is -2.83. The Hall–Kier alpha value is 0.0969. The first kappa shape index (κ1) is 26.1. The Morgan fingerprint density at radius 2 is 1.07 bits per heavy atom. The molecule has 1 fully saturated rings. The van der Waals surface area contributed by atoms with Crippen molar-refractivity contribution >= 4 is 8.56 Å². The Labute approximate surface area is 177 Å². The summed E-state index contributed by atoms with van der Waals surface area (Å²) in [6.45, 7) is 27.8. The number of ether oxygens (including phenoxy) is 1. The van der Waals surface area contributed by atoms with E-state index in [1.807, 2.05) is 0 Å². The molecule has 0 aromatic carbocycles. The van der Waals surface area contributed by atoms with Gasteiger partial charge in [0.1, 0.15) is 5.22 Å². The van der Waals surface area contributed by atoms with E-state index in [4.69, 9.17) is 13.6 Å².